The highest BCUT2D eigenvalue weighted by atomic mass is 16.3. The van der Waals surface area contributed by atoms with Gasteiger partial charge in [0.1, 0.15) is 0 Å². The monoisotopic (exact) mass is 338 g/mol. The Morgan fingerprint density at radius 3 is 2.36 bits per heavy atom. The standard InChI is InChI=1S/C21H26N2O2/c24-20(15-17-7-3-1-4-8-17)16-22-21(25)18-9-11-19(12-10-18)23-13-5-2-6-14-23/h1,3-4,7-12,20,24H,2,5-6,13-16H2,(H,22,25). The zero-order valence-electron chi connectivity index (χ0n) is 14.5. The molecule has 1 unspecified atom stereocenters. The van der Waals surface area contributed by atoms with E-state index in [1.807, 2.05) is 54.6 Å². The average molecular weight is 338 g/mol. The maximum Gasteiger partial charge on any atom is 0.251 e. The molecule has 2 aromatic rings. The number of carbonyl (C=O) groups excluding carboxylic acids is 1. The number of nitrogens with one attached hydrogen (secondary N) is 1. The van der Waals surface area contributed by atoms with E-state index in [-0.39, 0.29) is 12.5 Å². The molecule has 3 rings (SSSR count). The number of carbonyl (C=O) groups is 1. The molecule has 0 saturated carbocycles. The Balaban J connectivity index is 1.49. The number of piperidine rings is 1. The lowest BCUT2D eigenvalue weighted by molar-refractivity contribution is 0.0916. The first-order valence-corrected chi connectivity index (χ1v) is 9.07. The van der Waals surface area contributed by atoms with Gasteiger partial charge in [0.15, 0.2) is 0 Å². The van der Waals surface area contributed by atoms with E-state index >= 15 is 0 Å². The van der Waals surface area contributed by atoms with Crippen LogP contribution in [-0.4, -0.2) is 36.8 Å². The minimum atomic E-state index is -0.584. The quantitative estimate of drug-likeness (QED) is 0.851. The molecule has 1 aliphatic rings. The van der Waals surface area contributed by atoms with Crippen LogP contribution in [0.4, 0.5) is 5.69 Å². The third kappa shape index (κ3) is 5.07. The van der Waals surface area contributed by atoms with Crippen molar-refractivity contribution in [2.45, 2.75) is 31.8 Å². The van der Waals surface area contributed by atoms with Crippen LogP contribution in [0, 0.1) is 0 Å². The van der Waals surface area contributed by atoms with Crippen molar-refractivity contribution in [2.75, 3.05) is 24.5 Å². The molecule has 2 N–H and O–H groups in total. The summed E-state index contributed by atoms with van der Waals surface area (Å²) < 4.78 is 0. The van der Waals surface area contributed by atoms with Gasteiger partial charge in [-0.05, 0) is 49.1 Å². The van der Waals surface area contributed by atoms with Crippen LogP contribution in [0.25, 0.3) is 0 Å². The molecule has 2 aromatic carbocycles. The van der Waals surface area contributed by atoms with Crippen molar-refractivity contribution in [3.05, 3.63) is 65.7 Å². The van der Waals surface area contributed by atoms with Gasteiger partial charge in [-0.2, -0.15) is 0 Å². The van der Waals surface area contributed by atoms with E-state index < -0.39 is 6.10 Å². The fraction of sp³-hybridized carbons (Fsp3) is 0.381. The molecule has 4 nitrogen and oxygen atoms in total. The van der Waals surface area contributed by atoms with Gasteiger partial charge >= 0.3 is 0 Å². The molecule has 25 heavy (non-hydrogen) atoms. The molecule has 132 valence electrons. The first-order chi connectivity index (χ1) is 12.2. The number of amides is 1. The van der Waals surface area contributed by atoms with Crippen LogP contribution in [0.1, 0.15) is 35.2 Å². The van der Waals surface area contributed by atoms with Gasteiger partial charge < -0.3 is 15.3 Å². The number of aliphatic hydroxyl groups excluding tert-OH is 1. The van der Waals surface area contributed by atoms with Crippen molar-refractivity contribution in [3.63, 3.8) is 0 Å². The minimum Gasteiger partial charge on any atom is -0.391 e. The molecule has 0 spiro atoms. The van der Waals surface area contributed by atoms with Gasteiger partial charge in [0.05, 0.1) is 6.10 Å². The zero-order valence-corrected chi connectivity index (χ0v) is 14.5. The van der Waals surface area contributed by atoms with Crippen molar-refractivity contribution in [1.29, 1.82) is 0 Å². The summed E-state index contributed by atoms with van der Waals surface area (Å²) in [4.78, 5) is 14.6. The SMILES string of the molecule is O=C(NCC(O)Cc1ccccc1)c1ccc(N2CCCCC2)cc1. The molecule has 1 amide bonds. The number of benzene rings is 2. The lowest BCUT2D eigenvalue weighted by atomic mass is 10.1. The second kappa shape index (κ2) is 8.67. The number of hydrogen-bond acceptors (Lipinski definition) is 3. The van der Waals surface area contributed by atoms with Gasteiger partial charge in [0.2, 0.25) is 0 Å². The Kier molecular flexibility index (Phi) is 6.07. The molecule has 1 saturated heterocycles. The summed E-state index contributed by atoms with van der Waals surface area (Å²) in [5.41, 5.74) is 2.88. The molecule has 0 aromatic heterocycles. The molecule has 4 heteroatoms. The topological polar surface area (TPSA) is 52.6 Å². The molecule has 1 heterocycles. The Labute approximate surface area is 149 Å². The van der Waals surface area contributed by atoms with Crippen molar-refractivity contribution in [1.82, 2.24) is 5.32 Å². The highest BCUT2D eigenvalue weighted by Crippen LogP contribution is 2.20. The van der Waals surface area contributed by atoms with Gasteiger partial charge in [-0.25, -0.2) is 0 Å². The van der Waals surface area contributed by atoms with Crippen LogP contribution in [0.2, 0.25) is 0 Å². The summed E-state index contributed by atoms with van der Waals surface area (Å²) in [6.45, 7) is 2.44. The predicted molar refractivity (Wildman–Crippen MR) is 101 cm³/mol. The summed E-state index contributed by atoms with van der Waals surface area (Å²) in [5.74, 6) is -0.141. The lowest BCUT2D eigenvalue weighted by Gasteiger charge is -2.28. The summed E-state index contributed by atoms with van der Waals surface area (Å²) in [5, 5.41) is 12.9. The van der Waals surface area contributed by atoms with Crippen molar-refractivity contribution in [3.8, 4) is 0 Å². The molecular weight excluding hydrogens is 312 g/mol. The minimum absolute atomic E-state index is 0.141. The normalized spacial score (nSPS) is 15.6. The fourth-order valence-corrected chi connectivity index (χ4v) is 3.25. The molecule has 1 aliphatic heterocycles. The van der Waals surface area contributed by atoms with Gasteiger partial charge in [-0.15, -0.1) is 0 Å². The number of anilines is 1. The molecule has 0 radical (unpaired) electrons. The third-order valence-electron chi connectivity index (χ3n) is 4.66. The number of nitrogens with zero attached hydrogens (tertiary/aromatic N) is 1. The highest BCUT2D eigenvalue weighted by Gasteiger charge is 2.13. The van der Waals surface area contributed by atoms with Crippen LogP contribution in [0.15, 0.2) is 54.6 Å². The predicted octanol–water partition coefficient (Wildman–Crippen LogP) is 3.01. The largest absolute Gasteiger partial charge is 0.391 e. The Bertz CT molecular complexity index is 664. The summed E-state index contributed by atoms with van der Waals surface area (Å²) in [7, 11) is 0. The van der Waals surface area contributed by atoms with Crippen LogP contribution < -0.4 is 10.2 Å². The van der Waals surface area contributed by atoms with Crippen LogP contribution in [0.5, 0.6) is 0 Å². The third-order valence-corrected chi connectivity index (χ3v) is 4.66. The lowest BCUT2D eigenvalue weighted by Crippen LogP contribution is -2.33. The Morgan fingerprint density at radius 2 is 1.68 bits per heavy atom. The molecule has 0 bridgehead atoms. The van der Waals surface area contributed by atoms with E-state index in [2.05, 4.69) is 10.2 Å². The van der Waals surface area contributed by atoms with Crippen LogP contribution in [-0.2, 0) is 6.42 Å². The van der Waals surface area contributed by atoms with E-state index in [1.165, 1.54) is 24.9 Å². The molecule has 1 atom stereocenters. The van der Waals surface area contributed by atoms with E-state index in [9.17, 15) is 9.90 Å². The summed E-state index contributed by atoms with van der Waals surface area (Å²) in [6, 6.07) is 17.6. The maximum atomic E-state index is 12.3. The zero-order chi connectivity index (χ0) is 17.5. The smallest absolute Gasteiger partial charge is 0.251 e. The molecular formula is C21H26N2O2. The number of rotatable bonds is 6. The molecule has 0 aliphatic carbocycles. The average Bonchev–Trinajstić information content (AvgIpc) is 2.68. The Morgan fingerprint density at radius 1 is 1.00 bits per heavy atom. The highest BCUT2D eigenvalue weighted by molar-refractivity contribution is 5.94. The first kappa shape index (κ1) is 17.5. The van der Waals surface area contributed by atoms with Gasteiger partial charge in [0.25, 0.3) is 5.91 Å². The van der Waals surface area contributed by atoms with Crippen LogP contribution >= 0.6 is 0 Å². The van der Waals surface area contributed by atoms with Crippen molar-refractivity contribution < 1.29 is 9.90 Å². The summed E-state index contributed by atoms with van der Waals surface area (Å²) >= 11 is 0. The molecule has 1 fully saturated rings. The van der Waals surface area contributed by atoms with E-state index in [0.717, 1.165) is 18.7 Å². The van der Waals surface area contributed by atoms with Gasteiger partial charge in [-0.1, -0.05) is 30.3 Å². The Hall–Kier alpha value is -2.33. The van der Waals surface area contributed by atoms with E-state index in [0.29, 0.717) is 12.0 Å². The fourth-order valence-electron chi connectivity index (χ4n) is 3.25. The summed E-state index contributed by atoms with van der Waals surface area (Å²) in [6.07, 6.45) is 3.74. The second-order valence-electron chi connectivity index (χ2n) is 6.65. The van der Waals surface area contributed by atoms with Crippen molar-refractivity contribution >= 4 is 11.6 Å². The van der Waals surface area contributed by atoms with Crippen molar-refractivity contribution in [2.24, 2.45) is 0 Å². The second-order valence-corrected chi connectivity index (χ2v) is 6.65. The number of hydrogen-bond donors (Lipinski definition) is 2. The van der Waals surface area contributed by atoms with E-state index in [1.54, 1.807) is 0 Å². The first-order valence-electron chi connectivity index (χ1n) is 9.07. The van der Waals surface area contributed by atoms with Gasteiger partial charge in [0, 0.05) is 37.3 Å². The van der Waals surface area contributed by atoms with Crippen LogP contribution in [0.3, 0.4) is 0 Å². The number of aliphatic hydroxyl groups is 1. The maximum absolute atomic E-state index is 12.3. The van der Waals surface area contributed by atoms with E-state index in [4.69, 9.17) is 0 Å². The van der Waals surface area contributed by atoms with Gasteiger partial charge in [-0.3, -0.25) is 4.79 Å².